The fourth-order valence-corrected chi connectivity index (χ4v) is 5.80. The number of anilines is 2. The maximum absolute atomic E-state index is 15.2. The largest absolute Gasteiger partial charge is 0.497 e. The predicted molar refractivity (Wildman–Crippen MR) is 193 cm³/mol. The van der Waals surface area contributed by atoms with Gasteiger partial charge in [0.05, 0.1) is 17.8 Å². The fourth-order valence-electron chi connectivity index (χ4n) is 5.56. The molecule has 2 aromatic carbocycles. The van der Waals surface area contributed by atoms with Gasteiger partial charge in [0.2, 0.25) is 6.35 Å². The monoisotopic (exact) mass is 690 g/mol. The van der Waals surface area contributed by atoms with Crippen molar-refractivity contribution in [1.29, 1.82) is 0 Å². The van der Waals surface area contributed by atoms with Gasteiger partial charge < -0.3 is 47.6 Å². The number of fused-ring (bicyclic) bond motifs is 1. The third-order valence-corrected chi connectivity index (χ3v) is 8.47. The quantitative estimate of drug-likeness (QED) is 0.0685. The number of aryl methyl sites for hydroxylation is 1. The number of aliphatic hydroxyl groups is 1. The van der Waals surface area contributed by atoms with E-state index in [1.165, 1.54) is 0 Å². The molecule has 49 heavy (non-hydrogen) atoms. The van der Waals surface area contributed by atoms with Crippen molar-refractivity contribution >= 4 is 35.3 Å². The lowest BCUT2D eigenvalue weighted by Gasteiger charge is -2.25. The Morgan fingerprint density at radius 3 is 2.67 bits per heavy atom. The molecule has 0 bridgehead atoms. The first-order valence-corrected chi connectivity index (χ1v) is 16.6. The lowest BCUT2D eigenvalue weighted by Crippen LogP contribution is -2.41. The number of H-pyrrole nitrogens is 1. The van der Waals surface area contributed by atoms with Crippen molar-refractivity contribution < 1.29 is 14.2 Å². The summed E-state index contributed by atoms with van der Waals surface area (Å²) in [7, 11) is 1.61. The van der Waals surface area contributed by atoms with Crippen LogP contribution in [0.25, 0.3) is 17.5 Å². The third-order valence-electron chi connectivity index (χ3n) is 8.20. The normalized spacial score (nSPS) is 15.1. The standard InChI is InChI=1S/C35H44ClFN10O2/c1-21(38)4-3-5-23-14-28(32(37)29(36)15-23)30-16-24-20-47(35(48)46-33(24)45-30)26-8-6-22(7-9-26)18-43-25(10-12-42-34(39)40)19-44-31-17-27(49-2)11-13-41-31/h6-9,11,13-17,20-21,25,35,43,48H,3-5,10,12,18-19,38H2,1-2H3,(H,41,44)(H,45,46)(H4,39,40,42)/t21-,25+,35?/m0/s1. The molecule has 0 fully saturated rings. The number of hydrogen-bond acceptors (Lipinski definition) is 9. The van der Waals surface area contributed by atoms with Crippen molar-refractivity contribution in [2.45, 2.75) is 57.6 Å². The molecule has 1 aliphatic rings. The van der Waals surface area contributed by atoms with Crippen molar-refractivity contribution in [2.24, 2.45) is 27.2 Å². The number of hydrogen-bond donors (Lipinski definition) is 7. The molecule has 0 spiro atoms. The molecule has 1 aliphatic heterocycles. The van der Waals surface area contributed by atoms with Crippen LogP contribution in [0.5, 0.6) is 5.75 Å². The van der Waals surface area contributed by atoms with Gasteiger partial charge in [-0.25, -0.2) is 14.4 Å². The molecule has 3 atom stereocenters. The number of pyridine rings is 1. The number of benzene rings is 2. The van der Waals surface area contributed by atoms with Crippen LogP contribution in [0, 0.1) is 5.82 Å². The molecule has 0 saturated heterocycles. The molecule has 0 radical (unpaired) electrons. The summed E-state index contributed by atoms with van der Waals surface area (Å²) in [5.74, 6) is 0.960. The van der Waals surface area contributed by atoms with Gasteiger partial charge in [-0.2, -0.15) is 0 Å². The van der Waals surface area contributed by atoms with E-state index in [0.29, 0.717) is 59.6 Å². The number of nitrogens with two attached hydrogens (primary N) is 3. The number of aliphatic hydroxyl groups excluding tert-OH is 1. The molecule has 4 aromatic rings. The highest BCUT2D eigenvalue weighted by atomic mass is 35.5. The Morgan fingerprint density at radius 1 is 1.14 bits per heavy atom. The first-order chi connectivity index (χ1) is 23.6. The van der Waals surface area contributed by atoms with Crippen molar-refractivity contribution in [1.82, 2.24) is 15.3 Å². The number of ether oxygens (including phenoxy) is 1. The number of nitrogens with zero attached hydrogens (tertiary/aromatic N) is 4. The molecular weight excluding hydrogens is 647 g/mol. The second-order valence-corrected chi connectivity index (χ2v) is 12.5. The van der Waals surface area contributed by atoms with Gasteiger partial charge in [0, 0.05) is 66.7 Å². The first-order valence-electron chi connectivity index (χ1n) is 16.2. The van der Waals surface area contributed by atoms with Crippen LogP contribution in [0.1, 0.15) is 37.3 Å². The van der Waals surface area contributed by atoms with Crippen molar-refractivity contribution in [3.05, 3.63) is 93.5 Å². The molecule has 0 saturated carbocycles. The van der Waals surface area contributed by atoms with Crippen LogP contribution in [0.3, 0.4) is 0 Å². The van der Waals surface area contributed by atoms with Crippen LogP contribution in [0.4, 0.5) is 15.9 Å². The van der Waals surface area contributed by atoms with Gasteiger partial charge in [-0.05, 0) is 80.1 Å². The van der Waals surface area contributed by atoms with E-state index < -0.39 is 12.2 Å². The third kappa shape index (κ3) is 9.70. The molecule has 260 valence electrons. The molecule has 1 unspecified atom stereocenters. The molecule has 5 rings (SSSR count). The van der Waals surface area contributed by atoms with E-state index in [0.717, 1.165) is 36.1 Å². The number of rotatable bonds is 16. The Bertz CT molecular complexity index is 1860. The van der Waals surface area contributed by atoms with Crippen LogP contribution in [-0.4, -0.2) is 59.7 Å². The summed E-state index contributed by atoms with van der Waals surface area (Å²) in [4.78, 5) is 17.7. The Morgan fingerprint density at radius 2 is 1.94 bits per heavy atom. The zero-order valence-corrected chi connectivity index (χ0v) is 28.4. The maximum Gasteiger partial charge on any atom is 0.231 e. The number of nitrogens with one attached hydrogen (secondary N) is 3. The van der Waals surface area contributed by atoms with Crippen LogP contribution < -0.4 is 48.2 Å². The summed E-state index contributed by atoms with van der Waals surface area (Å²) in [5, 5.41) is 18.6. The summed E-state index contributed by atoms with van der Waals surface area (Å²) in [6.07, 6.45) is 5.48. The first kappa shape index (κ1) is 35.6. The SMILES string of the molecule is COc1ccnc(NC[C@@H](CCN=C(N)N)NCc2ccc(N3C=c4cc(-c5cc(CCC[C@H](C)N)cc(Cl)c5F)[nH]c4=NC3O)cc2)c1. The number of guanidine groups is 1. The lowest BCUT2D eigenvalue weighted by molar-refractivity contribution is 0.186. The molecule has 12 nitrogen and oxygen atoms in total. The number of aromatic amines is 1. The van der Waals surface area contributed by atoms with Crippen molar-refractivity contribution in [3.63, 3.8) is 0 Å². The van der Waals surface area contributed by atoms with Crippen molar-refractivity contribution in [3.8, 4) is 17.0 Å². The van der Waals surface area contributed by atoms with E-state index in [-0.39, 0.29) is 23.1 Å². The van der Waals surface area contributed by atoms with Gasteiger partial charge in [0.15, 0.2) is 11.8 Å². The summed E-state index contributed by atoms with van der Waals surface area (Å²) in [5.41, 5.74) is 21.0. The minimum absolute atomic E-state index is 0.0306. The Hall–Kier alpha value is -4.69. The molecular formula is C35H44ClFN10O2. The highest BCUT2D eigenvalue weighted by Crippen LogP contribution is 2.29. The van der Waals surface area contributed by atoms with E-state index >= 15 is 4.39 Å². The molecule has 14 heteroatoms. The van der Waals surface area contributed by atoms with Gasteiger partial charge in [0.25, 0.3) is 0 Å². The Kier molecular flexibility index (Phi) is 12.1. The molecule has 10 N–H and O–H groups in total. The van der Waals surface area contributed by atoms with Crippen LogP contribution in [0.2, 0.25) is 5.02 Å². The van der Waals surface area contributed by atoms with E-state index in [1.807, 2.05) is 43.3 Å². The topological polar surface area (TPSA) is 188 Å². The number of halogens is 2. The van der Waals surface area contributed by atoms with Gasteiger partial charge in [-0.3, -0.25) is 4.99 Å². The lowest BCUT2D eigenvalue weighted by atomic mass is 10.0. The molecule has 0 amide bonds. The smallest absolute Gasteiger partial charge is 0.231 e. The highest BCUT2D eigenvalue weighted by molar-refractivity contribution is 6.31. The Balaban J connectivity index is 1.27. The van der Waals surface area contributed by atoms with Crippen LogP contribution in [-0.2, 0) is 13.0 Å². The van der Waals surface area contributed by atoms with Gasteiger partial charge >= 0.3 is 0 Å². The van der Waals surface area contributed by atoms with Crippen LogP contribution in [0.15, 0.2) is 70.8 Å². The minimum atomic E-state index is -1.17. The maximum atomic E-state index is 15.2. The zero-order valence-electron chi connectivity index (χ0n) is 27.7. The number of aliphatic imine (C=N–C) groups is 1. The molecule has 0 aliphatic carbocycles. The van der Waals surface area contributed by atoms with Gasteiger partial charge in [-0.15, -0.1) is 0 Å². The summed E-state index contributed by atoms with van der Waals surface area (Å²) < 4.78 is 20.5. The number of methoxy groups -OCH3 is 1. The minimum Gasteiger partial charge on any atom is -0.497 e. The van der Waals surface area contributed by atoms with Gasteiger partial charge in [0.1, 0.15) is 17.1 Å². The average molecular weight is 691 g/mol. The number of aromatic nitrogens is 2. The fraction of sp³-hybridized carbons (Fsp3) is 0.343. The predicted octanol–water partition coefficient (Wildman–Crippen LogP) is 2.94. The van der Waals surface area contributed by atoms with Crippen LogP contribution >= 0.6 is 11.6 Å². The second-order valence-electron chi connectivity index (χ2n) is 12.1. The Labute approximate surface area is 289 Å². The average Bonchev–Trinajstić information content (AvgIpc) is 3.49. The summed E-state index contributed by atoms with van der Waals surface area (Å²) >= 11 is 6.28. The molecule has 2 aromatic heterocycles. The highest BCUT2D eigenvalue weighted by Gasteiger charge is 2.20. The van der Waals surface area contributed by atoms with E-state index in [9.17, 15) is 5.11 Å². The van der Waals surface area contributed by atoms with E-state index in [1.54, 1.807) is 42.6 Å². The second kappa shape index (κ2) is 16.6. The van der Waals surface area contributed by atoms with E-state index in [4.69, 9.17) is 33.5 Å². The van der Waals surface area contributed by atoms with E-state index in [2.05, 4.69) is 30.6 Å². The summed E-state index contributed by atoms with van der Waals surface area (Å²) in [6.45, 7) is 3.61. The zero-order chi connectivity index (χ0) is 34.9. The van der Waals surface area contributed by atoms with Crippen molar-refractivity contribution in [2.75, 3.05) is 30.4 Å². The molecule has 3 heterocycles. The summed E-state index contributed by atoms with van der Waals surface area (Å²) in [6, 6.07) is 16.8. The van der Waals surface area contributed by atoms with Gasteiger partial charge in [-0.1, -0.05) is 23.7 Å².